The van der Waals surface area contributed by atoms with Crippen molar-refractivity contribution in [2.75, 3.05) is 39.3 Å². The number of ether oxygens (including phenoxy) is 1. The zero-order valence-electron chi connectivity index (χ0n) is 11.6. The van der Waals surface area contributed by atoms with Gasteiger partial charge in [0.1, 0.15) is 0 Å². The molecule has 0 radical (unpaired) electrons. The Bertz CT molecular complexity index is 241. The SMILES string of the molecule is C1CNCC(CN2CCC(OCC3CC3)CC2)C1. The lowest BCUT2D eigenvalue weighted by Crippen LogP contribution is -2.43. The molecule has 1 aliphatic carbocycles. The first-order valence-corrected chi connectivity index (χ1v) is 7.95. The van der Waals surface area contributed by atoms with Crippen molar-refractivity contribution in [1.29, 1.82) is 0 Å². The van der Waals surface area contributed by atoms with Crippen molar-refractivity contribution in [2.24, 2.45) is 11.8 Å². The van der Waals surface area contributed by atoms with E-state index in [1.807, 2.05) is 0 Å². The van der Waals surface area contributed by atoms with E-state index in [-0.39, 0.29) is 0 Å². The minimum atomic E-state index is 0.561. The van der Waals surface area contributed by atoms with E-state index in [2.05, 4.69) is 10.2 Å². The highest BCUT2D eigenvalue weighted by Gasteiger charge is 2.26. The highest BCUT2D eigenvalue weighted by Crippen LogP contribution is 2.30. The van der Waals surface area contributed by atoms with Gasteiger partial charge in [-0.2, -0.15) is 0 Å². The normalized spacial score (nSPS) is 31.7. The van der Waals surface area contributed by atoms with Crippen molar-refractivity contribution in [3.63, 3.8) is 0 Å². The first-order valence-electron chi connectivity index (χ1n) is 7.95. The summed E-state index contributed by atoms with van der Waals surface area (Å²) in [5, 5.41) is 3.52. The molecule has 1 N–H and O–H groups in total. The average molecular weight is 252 g/mol. The lowest BCUT2D eigenvalue weighted by molar-refractivity contribution is -0.000840. The number of likely N-dealkylation sites (tertiary alicyclic amines) is 1. The number of rotatable bonds is 5. The van der Waals surface area contributed by atoms with Crippen LogP contribution >= 0.6 is 0 Å². The van der Waals surface area contributed by atoms with Gasteiger partial charge < -0.3 is 15.0 Å². The Morgan fingerprint density at radius 1 is 1.00 bits per heavy atom. The molecule has 2 saturated heterocycles. The molecule has 3 fully saturated rings. The summed E-state index contributed by atoms with van der Waals surface area (Å²) in [7, 11) is 0. The minimum Gasteiger partial charge on any atom is -0.378 e. The van der Waals surface area contributed by atoms with E-state index in [0.717, 1.165) is 18.4 Å². The molecule has 0 aromatic rings. The summed E-state index contributed by atoms with van der Waals surface area (Å²) in [6.45, 7) is 7.32. The van der Waals surface area contributed by atoms with Gasteiger partial charge in [0.2, 0.25) is 0 Å². The molecule has 0 aromatic heterocycles. The summed E-state index contributed by atoms with van der Waals surface area (Å²) in [6.07, 6.45) is 8.68. The Labute approximate surface area is 111 Å². The fraction of sp³-hybridized carbons (Fsp3) is 1.00. The van der Waals surface area contributed by atoms with Crippen LogP contribution < -0.4 is 5.32 Å². The van der Waals surface area contributed by atoms with E-state index in [1.165, 1.54) is 71.2 Å². The van der Waals surface area contributed by atoms with Gasteiger partial charge >= 0.3 is 0 Å². The molecule has 3 nitrogen and oxygen atoms in total. The van der Waals surface area contributed by atoms with Crippen LogP contribution in [-0.4, -0.2) is 50.3 Å². The van der Waals surface area contributed by atoms with Crippen LogP contribution in [-0.2, 0) is 4.74 Å². The summed E-state index contributed by atoms with van der Waals surface area (Å²) in [4.78, 5) is 2.66. The molecule has 1 unspecified atom stereocenters. The third-order valence-corrected chi connectivity index (χ3v) is 4.71. The molecule has 18 heavy (non-hydrogen) atoms. The van der Waals surface area contributed by atoms with E-state index in [0.29, 0.717) is 6.10 Å². The van der Waals surface area contributed by atoms with Crippen LogP contribution in [0.1, 0.15) is 38.5 Å². The Morgan fingerprint density at radius 2 is 1.83 bits per heavy atom. The molecular formula is C15H28N2O. The number of nitrogens with one attached hydrogen (secondary N) is 1. The number of hydrogen-bond donors (Lipinski definition) is 1. The predicted molar refractivity (Wildman–Crippen MR) is 73.7 cm³/mol. The van der Waals surface area contributed by atoms with E-state index in [4.69, 9.17) is 4.74 Å². The largest absolute Gasteiger partial charge is 0.378 e. The molecule has 0 bridgehead atoms. The lowest BCUT2D eigenvalue weighted by atomic mass is 9.97. The number of nitrogens with zero attached hydrogens (tertiary/aromatic N) is 1. The zero-order chi connectivity index (χ0) is 12.2. The molecule has 2 heterocycles. The van der Waals surface area contributed by atoms with Crippen molar-refractivity contribution >= 4 is 0 Å². The third kappa shape index (κ3) is 3.94. The number of hydrogen-bond acceptors (Lipinski definition) is 3. The zero-order valence-corrected chi connectivity index (χ0v) is 11.6. The predicted octanol–water partition coefficient (Wildman–Crippen LogP) is 1.88. The van der Waals surface area contributed by atoms with Crippen LogP contribution in [0, 0.1) is 11.8 Å². The second-order valence-corrected chi connectivity index (χ2v) is 6.49. The van der Waals surface area contributed by atoms with Crippen LogP contribution in [0.3, 0.4) is 0 Å². The molecule has 3 heteroatoms. The summed E-state index contributed by atoms with van der Waals surface area (Å²) >= 11 is 0. The Morgan fingerprint density at radius 3 is 2.50 bits per heavy atom. The standard InChI is InChI=1S/C15H28N2O/c1-2-14(10-16-7-1)11-17-8-5-15(6-9-17)18-12-13-3-4-13/h13-16H,1-12H2. The number of piperidine rings is 2. The molecule has 2 aliphatic heterocycles. The first kappa shape index (κ1) is 12.9. The van der Waals surface area contributed by atoms with Crippen LogP contribution in [0.25, 0.3) is 0 Å². The van der Waals surface area contributed by atoms with Gasteiger partial charge in [0.15, 0.2) is 0 Å². The maximum atomic E-state index is 6.01. The maximum absolute atomic E-state index is 6.01. The molecule has 104 valence electrons. The van der Waals surface area contributed by atoms with Gasteiger partial charge in [0, 0.05) is 26.2 Å². The van der Waals surface area contributed by atoms with Crippen molar-refractivity contribution in [1.82, 2.24) is 10.2 Å². The molecule has 0 amide bonds. The molecule has 0 aromatic carbocycles. The fourth-order valence-electron chi connectivity index (χ4n) is 3.26. The summed E-state index contributed by atoms with van der Waals surface area (Å²) in [5.74, 6) is 1.80. The summed E-state index contributed by atoms with van der Waals surface area (Å²) < 4.78 is 6.01. The average Bonchev–Trinajstić information content (AvgIpc) is 3.23. The van der Waals surface area contributed by atoms with Gasteiger partial charge in [0.05, 0.1) is 6.10 Å². The topological polar surface area (TPSA) is 24.5 Å². The Hall–Kier alpha value is -0.120. The molecule has 1 atom stereocenters. The van der Waals surface area contributed by atoms with Gasteiger partial charge in [-0.05, 0) is 63.5 Å². The van der Waals surface area contributed by atoms with E-state index < -0.39 is 0 Å². The van der Waals surface area contributed by atoms with Gasteiger partial charge in [-0.25, -0.2) is 0 Å². The lowest BCUT2D eigenvalue weighted by Gasteiger charge is -2.35. The van der Waals surface area contributed by atoms with Crippen LogP contribution in [0.2, 0.25) is 0 Å². The Balaban J connectivity index is 1.31. The molecule has 1 saturated carbocycles. The van der Waals surface area contributed by atoms with Gasteiger partial charge in [0.25, 0.3) is 0 Å². The van der Waals surface area contributed by atoms with Gasteiger partial charge in [-0.1, -0.05) is 0 Å². The second kappa shape index (κ2) is 6.36. The van der Waals surface area contributed by atoms with Crippen molar-refractivity contribution in [3.05, 3.63) is 0 Å². The van der Waals surface area contributed by atoms with Crippen molar-refractivity contribution < 1.29 is 4.74 Å². The molecule has 3 aliphatic rings. The first-order chi connectivity index (χ1) is 8.90. The van der Waals surface area contributed by atoms with E-state index in [1.54, 1.807) is 0 Å². The quantitative estimate of drug-likeness (QED) is 0.808. The van der Waals surface area contributed by atoms with Crippen molar-refractivity contribution in [2.45, 2.75) is 44.6 Å². The molecule has 0 spiro atoms. The third-order valence-electron chi connectivity index (χ3n) is 4.71. The van der Waals surface area contributed by atoms with Crippen LogP contribution in [0.15, 0.2) is 0 Å². The fourth-order valence-corrected chi connectivity index (χ4v) is 3.26. The molecule has 3 rings (SSSR count). The van der Waals surface area contributed by atoms with Crippen LogP contribution in [0.5, 0.6) is 0 Å². The Kier molecular flexibility index (Phi) is 4.55. The van der Waals surface area contributed by atoms with E-state index >= 15 is 0 Å². The highest BCUT2D eigenvalue weighted by atomic mass is 16.5. The summed E-state index contributed by atoms with van der Waals surface area (Å²) in [6, 6.07) is 0. The maximum Gasteiger partial charge on any atom is 0.0599 e. The molecular weight excluding hydrogens is 224 g/mol. The summed E-state index contributed by atoms with van der Waals surface area (Å²) in [5.41, 5.74) is 0. The highest BCUT2D eigenvalue weighted by molar-refractivity contribution is 4.79. The second-order valence-electron chi connectivity index (χ2n) is 6.49. The van der Waals surface area contributed by atoms with Crippen LogP contribution in [0.4, 0.5) is 0 Å². The van der Waals surface area contributed by atoms with Gasteiger partial charge in [-0.3, -0.25) is 0 Å². The monoisotopic (exact) mass is 252 g/mol. The smallest absolute Gasteiger partial charge is 0.0599 e. The van der Waals surface area contributed by atoms with E-state index in [9.17, 15) is 0 Å². The van der Waals surface area contributed by atoms with Gasteiger partial charge in [-0.15, -0.1) is 0 Å². The minimum absolute atomic E-state index is 0.561. The van der Waals surface area contributed by atoms with Crippen molar-refractivity contribution in [3.8, 4) is 0 Å².